The molecule has 0 amide bonds. The number of hydrogen-bond donors (Lipinski definition) is 1. The lowest BCUT2D eigenvalue weighted by atomic mass is 9.87. The fraction of sp³-hybridized carbons (Fsp3) is 0.571. The topological polar surface area (TPSA) is 29.1 Å². The lowest BCUT2D eigenvalue weighted by molar-refractivity contribution is 0.459. The quantitative estimate of drug-likeness (QED) is 0.893. The summed E-state index contributed by atoms with van der Waals surface area (Å²) in [5.74, 6) is 1.34. The first-order valence-electron chi connectivity index (χ1n) is 6.27. The smallest absolute Gasteiger partial charge is 0.0485 e. The van der Waals surface area contributed by atoms with Gasteiger partial charge in [-0.3, -0.25) is 4.21 Å². The van der Waals surface area contributed by atoms with Gasteiger partial charge in [0.05, 0.1) is 0 Å². The van der Waals surface area contributed by atoms with Crippen molar-refractivity contribution in [1.29, 1.82) is 0 Å². The van der Waals surface area contributed by atoms with Gasteiger partial charge >= 0.3 is 0 Å². The predicted octanol–water partition coefficient (Wildman–Crippen LogP) is 2.34. The number of benzene rings is 1. The molecule has 2 nitrogen and oxygen atoms in total. The van der Waals surface area contributed by atoms with Gasteiger partial charge in [0.25, 0.3) is 0 Å². The average Bonchev–Trinajstić information content (AvgIpc) is 2.29. The molecule has 1 unspecified atom stereocenters. The fourth-order valence-corrected chi connectivity index (χ4v) is 3.30. The number of rotatable bonds is 3. The first kappa shape index (κ1) is 12.8. The minimum Gasteiger partial charge on any atom is -0.317 e. The highest BCUT2D eigenvalue weighted by Crippen LogP contribution is 2.29. The van der Waals surface area contributed by atoms with Gasteiger partial charge in [-0.05, 0) is 49.9 Å². The van der Waals surface area contributed by atoms with Gasteiger partial charge < -0.3 is 5.32 Å². The van der Waals surface area contributed by atoms with Crippen LogP contribution in [0.3, 0.4) is 0 Å². The lowest BCUT2D eigenvalue weighted by Gasteiger charge is -2.25. The van der Waals surface area contributed by atoms with Crippen LogP contribution in [0.4, 0.5) is 0 Å². The zero-order valence-electron chi connectivity index (χ0n) is 10.7. The highest BCUT2D eigenvalue weighted by molar-refractivity contribution is 7.83. The van der Waals surface area contributed by atoms with Crippen LogP contribution in [-0.4, -0.2) is 23.6 Å². The molecule has 1 N–H and O–H groups in total. The largest absolute Gasteiger partial charge is 0.317 e. The van der Waals surface area contributed by atoms with Crippen molar-refractivity contribution in [3.63, 3.8) is 0 Å². The van der Waals surface area contributed by atoms with E-state index in [0.29, 0.717) is 11.7 Å². The summed E-state index contributed by atoms with van der Waals surface area (Å²) in [6.07, 6.45) is 4.19. The molecule has 2 rings (SSSR count). The van der Waals surface area contributed by atoms with Gasteiger partial charge in [0.15, 0.2) is 0 Å². The molecule has 0 radical (unpaired) electrons. The van der Waals surface area contributed by atoms with Crippen LogP contribution in [0.1, 0.15) is 35.4 Å². The van der Waals surface area contributed by atoms with E-state index >= 15 is 0 Å². The molecule has 1 atom stereocenters. The van der Waals surface area contributed by atoms with E-state index in [0.717, 1.165) is 13.1 Å². The summed E-state index contributed by atoms with van der Waals surface area (Å²) in [6.45, 7) is 4.31. The van der Waals surface area contributed by atoms with Crippen molar-refractivity contribution in [2.45, 2.75) is 31.4 Å². The minimum atomic E-state index is -0.755. The Hall–Kier alpha value is -0.670. The van der Waals surface area contributed by atoms with E-state index in [4.69, 9.17) is 0 Å². The maximum atomic E-state index is 11.5. The monoisotopic (exact) mass is 251 g/mol. The first-order valence-corrected chi connectivity index (χ1v) is 7.99. The predicted molar refractivity (Wildman–Crippen MR) is 73.8 cm³/mol. The van der Waals surface area contributed by atoms with Crippen molar-refractivity contribution < 1.29 is 4.21 Å². The van der Waals surface area contributed by atoms with Crippen molar-refractivity contribution >= 4 is 10.8 Å². The summed E-state index contributed by atoms with van der Waals surface area (Å²) in [6, 6.07) is 6.63. The molecular formula is C14H21NOS. The van der Waals surface area contributed by atoms with Gasteiger partial charge in [0, 0.05) is 22.8 Å². The van der Waals surface area contributed by atoms with Gasteiger partial charge in [0.2, 0.25) is 0 Å². The third-order valence-electron chi connectivity index (χ3n) is 3.44. The van der Waals surface area contributed by atoms with E-state index in [1.807, 2.05) is 0 Å². The summed E-state index contributed by atoms with van der Waals surface area (Å²) >= 11 is 0. The zero-order valence-corrected chi connectivity index (χ0v) is 11.5. The minimum absolute atomic E-state index is 0.649. The van der Waals surface area contributed by atoms with Crippen molar-refractivity contribution in [3.05, 3.63) is 34.9 Å². The highest BCUT2D eigenvalue weighted by Gasteiger charge is 2.18. The van der Waals surface area contributed by atoms with Crippen molar-refractivity contribution in [3.8, 4) is 0 Å². The Labute approximate surface area is 106 Å². The summed E-state index contributed by atoms with van der Waals surface area (Å²) in [5.41, 5.74) is 3.98. The molecular weight excluding hydrogens is 230 g/mol. The SMILES string of the molecule is Cc1ccc(C2CCNCC2)c(CS(C)=O)c1. The van der Waals surface area contributed by atoms with Crippen LogP contribution in [0.5, 0.6) is 0 Å². The van der Waals surface area contributed by atoms with Crippen LogP contribution < -0.4 is 5.32 Å². The molecule has 17 heavy (non-hydrogen) atoms. The van der Waals surface area contributed by atoms with Crippen LogP contribution in [0.2, 0.25) is 0 Å². The lowest BCUT2D eigenvalue weighted by Crippen LogP contribution is -2.27. The van der Waals surface area contributed by atoms with E-state index in [2.05, 4.69) is 30.4 Å². The highest BCUT2D eigenvalue weighted by atomic mass is 32.2. The molecule has 0 spiro atoms. The van der Waals surface area contributed by atoms with Crippen LogP contribution in [-0.2, 0) is 16.6 Å². The summed E-state index contributed by atoms with van der Waals surface area (Å²) in [7, 11) is -0.755. The molecule has 1 aliphatic rings. The molecule has 1 aliphatic heterocycles. The molecule has 0 bridgehead atoms. The van der Waals surface area contributed by atoms with E-state index in [9.17, 15) is 4.21 Å². The number of aryl methyl sites for hydroxylation is 1. The third kappa shape index (κ3) is 3.39. The van der Waals surface area contributed by atoms with E-state index in [1.165, 1.54) is 29.5 Å². The Morgan fingerprint density at radius 1 is 1.35 bits per heavy atom. The first-order chi connectivity index (χ1) is 8.16. The van der Waals surface area contributed by atoms with Crippen LogP contribution >= 0.6 is 0 Å². The average molecular weight is 251 g/mol. The van der Waals surface area contributed by atoms with Gasteiger partial charge in [-0.1, -0.05) is 23.8 Å². The molecule has 1 aromatic carbocycles. The summed E-state index contributed by atoms with van der Waals surface area (Å²) in [4.78, 5) is 0. The summed E-state index contributed by atoms with van der Waals surface area (Å²) < 4.78 is 11.5. The normalized spacial score (nSPS) is 19.2. The maximum absolute atomic E-state index is 11.5. The Kier molecular flexibility index (Phi) is 4.35. The van der Waals surface area contributed by atoms with E-state index < -0.39 is 10.8 Å². The van der Waals surface area contributed by atoms with Crippen molar-refractivity contribution in [2.75, 3.05) is 19.3 Å². The van der Waals surface area contributed by atoms with Gasteiger partial charge in [-0.25, -0.2) is 0 Å². The van der Waals surface area contributed by atoms with Gasteiger partial charge in [0.1, 0.15) is 0 Å². The molecule has 1 heterocycles. The second-order valence-corrected chi connectivity index (χ2v) is 6.38. The van der Waals surface area contributed by atoms with E-state index in [1.54, 1.807) is 6.26 Å². The number of hydrogen-bond acceptors (Lipinski definition) is 2. The second kappa shape index (κ2) is 5.78. The Morgan fingerprint density at radius 2 is 2.06 bits per heavy atom. The van der Waals surface area contributed by atoms with E-state index in [-0.39, 0.29) is 0 Å². The molecule has 1 fully saturated rings. The second-order valence-electron chi connectivity index (χ2n) is 4.94. The number of piperidine rings is 1. The van der Waals surface area contributed by atoms with Gasteiger partial charge in [-0.2, -0.15) is 0 Å². The molecule has 0 saturated carbocycles. The van der Waals surface area contributed by atoms with Crippen LogP contribution in [0.25, 0.3) is 0 Å². The Morgan fingerprint density at radius 3 is 2.71 bits per heavy atom. The zero-order chi connectivity index (χ0) is 12.3. The molecule has 0 aromatic heterocycles. The molecule has 1 aromatic rings. The summed E-state index contributed by atoms with van der Waals surface area (Å²) in [5, 5.41) is 3.40. The van der Waals surface area contributed by atoms with Crippen LogP contribution in [0, 0.1) is 6.92 Å². The Balaban J connectivity index is 2.27. The molecule has 0 aliphatic carbocycles. The Bertz CT molecular complexity index is 411. The molecule has 94 valence electrons. The van der Waals surface area contributed by atoms with Crippen molar-refractivity contribution in [2.24, 2.45) is 0 Å². The third-order valence-corrected chi connectivity index (χ3v) is 4.15. The molecule has 1 saturated heterocycles. The van der Waals surface area contributed by atoms with Gasteiger partial charge in [-0.15, -0.1) is 0 Å². The maximum Gasteiger partial charge on any atom is 0.0485 e. The number of nitrogens with one attached hydrogen (secondary N) is 1. The van der Waals surface area contributed by atoms with Crippen molar-refractivity contribution in [1.82, 2.24) is 5.32 Å². The fourth-order valence-electron chi connectivity index (χ4n) is 2.61. The molecule has 3 heteroatoms. The van der Waals surface area contributed by atoms with Crippen LogP contribution in [0.15, 0.2) is 18.2 Å². The standard InChI is InChI=1S/C14H21NOS/c1-11-3-4-14(12-5-7-15-8-6-12)13(9-11)10-17(2)16/h3-4,9,12,15H,5-8,10H2,1-2H3.